The minimum atomic E-state index is -3.74. The molecule has 0 aliphatic rings. The number of nitrogens with one attached hydrogen (secondary N) is 2. The number of nitrogens with zero attached hydrogens (tertiary/aromatic N) is 1. The molecule has 0 bridgehead atoms. The lowest BCUT2D eigenvalue weighted by Crippen LogP contribution is -2.25. The van der Waals surface area contributed by atoms with Crippen molar-refractivity contribution in [1.29, 1.82) is 0 Å². The summed E-state index contributed by atoms with van der Waals surface area (Å²) in [6.45, 7) is 0. The molecule has 1 aromatic heterocycles. The van der Waals surface area contributed by atoms with E-state index in [2.05, 4.69) is 15.6 Å². The largest absolute Gasteiger partial charge is 0.341 e. The second-order valence-electron chi connectivity index (χ2n) is 2.63. The van der Waals surface area contributed by atoms with E-state index in [4.69, 9.17) is 5.14 Å². The fraction of sp³-hybridized carbons (Fsp3) is 0.143. The molecule has 7 nitrogen and oxygen atoms in total. The minimum absolute atomic E-state index is 0.107. The summed E-state index contributed by atoms with van der Waals surface area (Å²) in [7, 11) is -2.29. The third kappa shape index (κ3) is 3.18. The van der Waals surface area contributed by atoms with Crippen LogP contribution in [0, 0.1) is 0 Å². The summed E-state index contributed by atoms with van der Waals surface area (Å²) >= 11 is 0. The molecule has 15 heavy (non-hydrogen) atoms. The van der Waals surface area contributed by atoms with Gasteiger partial charge in [0.15, 0.2) is 0 Å². The Balaban J connectivity index is 2.86. The van der Waals surface area contributed by atoms with Crippen molar-refractivity contribution in [2.24, 2.45) is 5.14 Å². The number of hydrogen-bond donors (Lipinski definition) is 3. The van der Waals surface area contributed by atoms with E-state index in [1.807, 2.05) is 0 Å². The smallest absolute Gasteiger partial charge is 0.320 e. The summed E-state index contributed by atoms with van der Waals surface area (Å²) in [5.74, 6) is 0.238. The highest BCUT2D eigenvalue weighted by Crippen LogP contribution is 2.08. The molecule has 4 N–H and O–H groups in total. The van der Waals surface area contributed by atoms with Gasteiger partial charge < -0.3 is 5.32 Å². The summed E-state index contributed by atoms with van der Waals surface area (Å²) in [4.78, 5) is 14.5. The molecule has 1 rings (SSSR count). The molecule has 0 unspecified atom stereocenters. The van der Waals surface area contributed by atoms with Gasteiger partial charge in [-0.2, -0.15) is 0 Å². The van der Waals surface area contributed by atoms with Crippen molar-refractivity contribution in [1.82, 2.24) is 10.3 Å². The molecular weight excluding hydrogens is 220 g/mol. The molecule has 2 amide bonds. The van der Waals surface area contributed by atoms with Crippen LogP contribution in [0.5, 0.6) is 0 Å². The molecule has 0 aliphatic carbocycles. The molecular formula is C7H10N4O3S. The monoisotopic (exact) mass is 230 g/mol. The number of rotatable bonds is 2. The average Bonchev–Trinajstić information content (AvgIpc) is 2.17. The van der Waals surface area contributed by atoms with E-state index in [0.717, 1.165) is 6.20 Å². The van der Waals surface area contributed by atoms with Crippen LogP contribution in [0.1, 0.15) is 0 Å². The standard InChI is InChI=1S/C7H10N4O3S/c1-9-7(12)11-6-3-2-5(4-10-6)15(8,13)14/h2-4H,1H3,(H2,8,13,14)(H2,9,10,11,12). The zero-order chi connectivity index (χ0) is 11.5. The van der Waals surface area contributed by atoms with Crippen molar-refractivity contribution >= 4 is 21.9 Å². The van der Waals surface area contributed by atoms with E-state index in [1.165, 1.54) is 19.2 Å². The number of aromatic nitrogens is 1. The van der Waals surface area contributed by atoms with Gasteiger partial charge in [0, 0.05) is 13.2 Å². The lowest BCUT2D eigenvalue weighted by Gasteiger charge is -2.03. The van der Waals surface area contributed by atoms with Crippen molar-refractivity contribution in [2.75, 3.05) is 12.4 Å². The van der Waals surface area contributed by atoms with Gasteiger partial charge >= 0.3 is 6.03 Å². The van der Waals surface area contributed by atoms with E-state index < -0.39 is 16.1 Å². The molecule has 0 saturated carbocycles. The zero-order valence-electron chi connectivity index (χ0n) is 7.89. The fourth-order valence-corrected chi connectivity index (χ4v) is 1.26. The van der Waals surface area contributed by atoms with Crippen LogP contribution in [0.25, 0.3) is 0 Å². The first-order valence-corrected chi connectivity index (χ1v) is 5.45. The number of pyridine rings is 1. The van der Waals surface area contributed by atoms with Gasteiger partial charge in [0.25, 0.3) is 0 Å². The maximum atomic E-state index is 10.9. The Morgan fingerprint density at radius 1 is 1.47 bits per heavy atom. The molecule has 0 spiro atoms. The number of carbonyl (C=O) groups is 1. The summed E-state index contributed by atoms with van der Waals surface area (Å²) in [5, 5.41) is 9.57. The van der Waals surface area contributed by atoms with Crippen LogP contribution in [0.15, 0.2) is 23.2 Å². The number of anilines is 1. The number of hydrogen-bond acceptors (Lipinski definition) is 4. The molecule has 0 saturated heterocycles. The second kappa shape index (κ2) is 4.24. The van der Waals surface area contributed by atoms with Gasteiger partial charge in [-0.25, -0.2) is 23.3 Å². The van der Waals surface area contributed by atoms with Crippen LogP contribution < -0.4 is 15.8 Å². The van der Waals surface area contributed by atoms with E-state index in [1.54, 1.807) is 0 Å². The molecule has 0 aliphatic heterocycles. The van der Waals surface area contributed by atoms with Crippen LogP contribution in [0.3, 0.4) is 0 Å². The summed E-state index contributed by atoms with van der Waals surface area (Å²) in [5.41, 5.74) is 0. The highest BCUT2D eigenvalue weighted by molar-refractivity contribution is 7.89. The third-order valence-corrected chi connectivity index (χ3v) is 2.43. The van der Waals surface area contributed by atoms with Crippen LogP contribution >= 0.6 is 0 Å². The highest BCUT2D eigenvalue weighted by atomic mass is 32.2. The Morgan fingerprint density at radius 3 is 2.53 bits per heavy atom. The van der Waals surface area contributed by atoms with E-state index in [0.29, 0.717) is 0 Å². The number of amides is 2. The van der Waals surface area contributed by atoms with Crippen LogP contribution in [0.2, 0.25) is 0 Å². The average molecular weight is 230 g/mol. The van der Waals surface area contributed by atoms with Crippen LogP contribution in [-0.2, 0) is 10.0 Å². The topological polar surface area (TPSA) is 114 Å². The Bertz CT molecular complexity index is 454. The van der Waals surface area contributed by atoms with Gasteiger partial charge in [-0.15, -0.1) is 0 Å². The van der Waals surface area contributed by atoms with Crippen molar-refractivity contribution in [3.8, 4) is 0 Å². The molecule has 8 heteroatoms. The second-order valence-corrected chi connectivity index (χ2v) is 4.19. The van der Waals surface area contributed by atoms with Crippen LogP contribution in [-0.4, -0.2) is 26.5 Å². The van der Waals surface area contributed by atoms with Crippen LogP contribution in [0.4, 0.5) is 10.6 Å². The molecule has 1 heterocycles. The number of urea groups is 1. The molecule has 0 radical (unpaired) electrons. The van der Waals surface area contributed by atoms with Crippen molar-refractivity contribution in [3.63, 3.8) is 0 Å². The van der Waals surface area contributed by atoms with Gasteiger partial charge in [0.2, 0.25) is 10.0 Å². The van der Waals surface area contributed by atoms with Gasteiger partial charge in [0.05, 0.1) is 0 Å². The SMILES string of the molecule is CNC(=O)Nc1ccc(S(N)(=O)=O)cn1. The Hall–Kier alpha value is -1.67. The number of nitrogens with two attached hydrogens (primary N) is 1. The Morgan fingerprint density at radius 2 is 2.13 bits per heavy atom. The molecule has 0 fully saturated rings. The lowest BCUT2D eigenvalue weighted by molar-refractivity contribution is 0.254. The van der Waals surface area contributed by atoms with Crippen molar-refractivity contribution in [3.05, 3.63) is 18.3 Å². The van der Waals surface area contributed by atoms with Crippen molar-refractivity contribution < 1.29 is 13.2 Å². The van der Waals surface area contributed by atoms with Gasteiger partial charge in [-0.1, -0.05) is 0 Å². The Kier molecular flexibility index (Phi) is 3.22. The van der Waals surface area contributed by atoms with E-state index >= 15 is 0 Å². The predicted octanol–water partition coefficient (Wildman–Crippen LogP) is -0.520. The lowest BCUT2D eigenvalue weighted by atomic mass is 10.4. The van der Waals surface area contributed by atoms with Crippen molar-refractivity contribution in [2.45, 2.75) is 4.90 Å². The maximum Gasteiger partial charge on any atom is 0.320 e. The van der Waals surface area contributed by atoms with Gasteiger partial charge in [0.1, 0.15) is 10.7 Å². The first kappa shape index (κ1) is 11.4. The number of primary sulfonamides is 1. The van der Waals surface area contributed by atoms with Gasteiger partial charge in [-0.05, 0) is 12.1 Å². The normalized spacial score (nSPS) is 10.8. The molecule has 0 aromatic carbocycles. The number of sulfonamides is 1. The quantitative estimate of drug-likeness (QED) is 0.634. The maximum absolute atomic E-state index is 10.9. The summed E-state index contributed by atoms with van der Waals surface area (Å²) in [6.07, 6.45) is 1.07. The minimum Gasteiger partial charge on any atom is -0.341 e. The highest BCUT2D eigenvalue weighted by Gasteiger charge is 2.08. The third-order valence-electron chi connectivity index (χ3n) is 1.53. The Labute approximate surface area is 86.7 Å². The zero-order valence-corrected chi connectivity index (χ0v) is 8.71. The van der Waals surface area contributed by atoms with E-state index in [9.17, 15) is 13.2 Å². The number of carbonyl (C=O) groups excluding carboxylic acids is 1. The predicted molar refractivity (Wildman–Crippen MR) is 53.7 cm³/mol. The van der Waals surface area contributed by atoms with Gasteiger partial charge in [-0.3, -0.25) is 5.32 Å². The molecule has 0 atom stereocenters. The summed E-state index contributed by atoms with van der Waals surface area (Å²) < 4.78 is 21.7. The first-order valence-electron chi connectivity index (χ1n) is 3.91. The summed E-state index contributed by atoms with van der Waals surface area (Å²) in [6, 6.07) is 2.16. The fourth-order valence-electron chi connectivity index (χ4n) is 0.801. The molecule has 82 valence electrons. The van der Waals surface area contributed by atoms with E-state index in [-0.39, 0.29) is 10.7 Å². The first-order chi connectivity index (χ1) is 6.93. The molecule has 1 aromatic rings.